The van der Waals surface area contributed by atoms with Crippen molar-refractivity contribution >= 4 is 17.3 Å². The Morgan fingerprint density at radius 3 is 2.83 bits per heavy atom. The first-order valence-corrected chi connectivity index (χ1v) is 4.30. The number of halogens is 1. The summed E-state index contributed by atoms with van der Waals surface area (Å²) in [5.74, 6) is 1.33. The first-order valence-electron chi connectivity index (χ1n) is 3.77. The van der Waals surface area contributed by atoms with Gasteiger partial charge in [0, 0.05) is 5.88 Å². The minimum atomic E-state index is 0.583. The standard InChI is InChI=1S/C9H12ClNO/c1-12-9-7(5-6-10)3-2-4-8(9)11/h2-4H,5-6,11H2,1H3. The van der Waals surface area contributed by atoms with E-state index in [2.05, 4.69) is 0 Å². The van der Waals surface area contributed by atoms with Crippen LogP contribution in [0.5, 0.6) is 5.75 Å². The molecule has 0 saturated carbocycles. The number of para-hydroxylation sites is 1. The molecule has 1 aromatic carbocycles. The average Bonchev–Trinajstić information content (AvgIpc) is 2.05. The summed E-state index contributed by atoms with van der Waals surface area (Å²) >= 11 is 5.62. The second-order valence-corrected chi connectivity index (χ2v) is 2.86. The van der Waals surface area contributed by atoms with Crippen molar-refractivity contribution in [1.29, 1.82) is 0 Å². The van der Waals surface area contributed by atoms with E-state index in [0.29, 0.717) is 11.6 Å². The maximum Gasteiger partial charge on any atom is 0.144 e. The Bertz CT molecular complexity index is 263. The fourth-order valence-corrected chi connectivity index (χ4v) is 1.36. The fourth-order valence-electron chi connectivity index (χ4n) is 1.15. The van der Waals surface area contributed by atoms with E-state index < -0.39 is 0 Å². The van der Waals surface area contributed by atoms with Crippen molar-refractivity contribution in [1.82, 2.24) is 0 Å². The molecule has 0 bridgehead atoms. The summed E-state index contributed by atoms with van der Waals surface area (Å²) in [5, 5.41) is 0. The van der Waals surface area contributed by atoms with Crippen LogP contribution in [0.15, 0.2) is 18.2 Å². The molecule has 2 N–H and O–H groups in total. The fraction of sp³-hybridized carbons (Fsp3) is 0.333. The van der Waals surface area contributed by atoms with Gasteiger partial charge in [0.05, 0.1) is 12.8 Å². The monoisotopic (exact) mass is 185 g/mol. The number of hydrogen-bond donors (Lipinski definition) is 1. The maximum atomic E-state index is 5.69. The van der Waals surface area contributed by atoms with Crippen LogP contribution in [0.3, 0.4) is 0 Å². The van der Waals surface area contributed by atoms with E-state index in [9.17, 15) is 0 Å². The Balaban J connectivity index is 3.00. The van der Waals surface area contributed by atoms with Gasteiger partial charge in [-0.25, -0.2) is 0 Å². The zero-order valence-electron chi connectivity index (χ0n) is 7.01. The summed E-state index contributed by atoms with van der Waals surface area (Å²) in [6.45, 7) is 0. The number of ether oxygens (including phenoxy) is 1. The van der Waals surface area contributed by atoms with Crippen LogP contribution in [0, 0.1) is 0 Å². The highest BCUT2D eigenvalue weighted by molar-refractivity contribution is 6.18. The summed E-state index contributed by atoms with van der Waals surface area (Å²) < 4.78 is 5.15. The largest absolute Gasteiger partial charge is 0.494 e. The third-order valence-electron chi connectivity index (χ3n) is 1.69. The number of nitrogen functional groups attached to an aromatic ring is 1. The Hall–Kier alpha value is -0.890. The van der Waals surface area contributed by atoms with Crippen molar-refractivity contribution in [2.45, 2.75) is 6.42 Å². The van der Waals surface area contributed by atoms with E-state index in [0.717, 1.165) is 17.7 Å². The molecule has 0 unspecified atom stereocenters. The highest BCUT2D eigenvalue weighted by atomic mass is 35.5. The average molecular weight is 186 g/mol. The first-order chi connectivity index (χ1) is 5.79. The van der Waals surface area contributed by atoms with Crippen molar-refractivity contribution in [3.05, 3.63) is 23.8 Å². The Morgan fingerprint density at radius 2 is 2.25 bits per heavy atom. The number of anilines is 1. The number of alkyl halides is 1. The second-order valence-electron chi connectivity index (χ2n) is 2.48. The molecule has 66 valence electrons. The van der Waals surface area contributed by atoms with Crippen LogP contribution >= 0.6 is 11.6 Å². The third-order valence-corrected chi connectivity index (χ3v) is 1.88. The van der Waals surface area contributed by atoms with E-state index in [1.807, 2.05) is 18.2 Å². The van der Waals surface area contributed by atoms with Crippen LogP contribution < -0.4 is 10.5 Å². The molecule has 0 aliphatic carbocycles. The molecule has 12 heavy (non-hydrogen) atoms. The SMILES string of the molecule is COc1c(N)cccc1CCCl. The third kappa shape index (κ3) is 1.83. The van der Waals surface area contributed by atoms with Gasteiger partial charge in [-0.3, -0.25) is 0 Å². The van der Waals surface area contributed by atoms with Crippen LogP contribution in [0.1, 0.15) is 5.56 Å². The summed E-state index contributed by atoms with van der Waals surface area (Å²) in [6, 6.07) is 5.69. The summed E-state index contributed by atoms with van der Waals surface area (Å²) in [5.41, 5.74) is 7.42. The number of methoxy groups -OCH3 is 1. The molecule has 0 heterocycles. The Labute approximate surface area is 77.3 Å². The topological polar surface area (TPSA) is 35.2 Å². The van der Waals surface area contributed by atoms with E-state index in [-0.39, 0.29) is 0 Å². The van der Waals surface area contributed by atoms with Gasteiger partial charge in [-0.1, -0.05) is 12.1 Å². The molecule has 0 aliphatic rings. The molecule has 0 fully saturated rings. The summed E-state index contributed by atoms with van der Waals surface area (Å²) in [7, 11) is 1.61. The quantitative estimate of drug-likeness (QED) is 0.578. The van der Waals surface area contributed by atoms with E-state index >= 15 is 0 Å². The summed E-state index contributed by atoms with van der Waals surface area (Å²) in [4.78, 5) is 0. The molecule has 0 saturated heterocycles. The molecule has 0 aromatic heterocycles. The molecule has 0 amide bonds. The summed E-state index contributed by atoms with van der Waals surface area (Å²) in [6.07, 6.45) is 0.787. The molecule has 0 spiro atoms. The molecule has 1 aromatic rings. The zero-order chi connectivity index (χ0) is 8.97. The van der Waals surface area contributed by atoms with Gasteiger partial charge in [-0.05, 0) is 18.1 Å². The smallest absolute Gasteiger partial charge is 0.144 e. The van der Waals surface area contributed by atoms with Crippen molar-refractivity contribution < 1.29 is 4.74 Å². The van der Waals surface area contributed by atoms with Gasteiger partial charge in [-0.15, -0.1) is 11.6 Å². The predicted octanol–water partition coefficient (Wildman–Crippen LogP) is 2.06. The van der Waals surface area contributed by atoms with Crippen LogP contribution in [-0.4, -0.2) is 13.0 Å². The highest BCUT2D eigenvalue weighted by Gasteiger charge is 2.04. The van der Waals surface area contributed by atoms with Crippen LogP contribution in [0.2, 0.25) is 0 Å². The number of aryl methyl sites for hydroxylation is 1. The zero-order valence-corrected chi connectivity index (χ0v) is 7.77. The van der Waals surface area contributed by atoms with Crippen LogP contribution in [0.25, 0.3) is 0 Å². The second kappa shape index (κ2) is 4.21. The van der Waals surface area contributed by atoms with Crippen molar-refractivity contribution in [3.63, 3.8) is 0 Å². The van der Waals surface area contributed by atoms with Crippen molar-refractivity contribution in [2.75, 3.05) is 18.7 Å². The lowest BCUT2D eigenvalue weighted by molar-refractivity contribution is 0.412. The number of nitrogens with two attached hydrogens (primary N) is 1. The number of benzene rings is 1. The van der Waals surface area contributed by atoms with Crippen molar-refractivity contribution in [3.8, 4) is 5.75 Å². The lowest BCUT2D eigenvalue weighted by atomic mass is 10.1. The maximum absolute atomic E-state index is 5.69. The normalized spacial score (nSPS) is 9.83. The first kappa shape index (κ1) is 9.20. The van der Waals surface area contributed by atoms with Gasteiger partial charge >= 0.3 is 0 Å². The lowest BCUT2D eigenvalue weighted by Gasteiger charge is -2.08. The molecule has 3 heteroatoms. The van der Waals surface area contributed by atoms with E-state index in [1.54, 1.807) is 7.11 Å². The van der Waals surface area contributed by atoms with Gasteiger partial charge in [0.25, 0.3) is 0 Å². The van der Waals surface area contributed by atoms with Crippen LogP contribution in [-0.2, 0) is 6.42 Å². The predicted molar refractivity (Wildman–Crippen MR) is 51.8 cm³/mol. The minimum Gasteiger partial charge on any atom is -0.494 e. The van der Waals surface area contributed by atoms with Gasteiger partial charge in [0.1, 0.15) is 5.75 Å². The Kier molecular flexibility index (Phi) is 3.23. The van der Waals surface area contributed by atoms with Gasteiger partial charge in [0.15, 0.2) is 0 Å². The molecule has 0 atom stereocenters. The van der Waals surface area contributed by atoms with E-state index in [1.165, 1.54) is 0 Å². The molecule has 0 aliphatic heterocycles. The van der Waals surface area contributed by atoms with Crippen LogP contribution in [0.4, 0.5) is 5.69 Å². The van der Waals surface area contributed by atoms with E-state index in [4.69, 9.17) is 22.1 Å². The van der Waals surface area contributed by atoms with Crippen molar-refractivity contribution in [2.24, 2.45) is 0 Å². The number of rotatable bonds is 3. The molecule has 1 rings (SSSR count). The van der Waals surface area contributed by atoms with Gasteiger partial charge in [0.2, 0.25) is 0 Å². The molecule has 2 nitrogen and oxygen atoms in total. The lowest BCUT2D eigenvalue weighted by Crippen LogP contribution is -1.97. The van der Waals surface area contributed by atoms with Gasteiger partial charge < -0.3 is 10.5 Å². The molecule has 0 radical (unpaired) electrons. The van der Waals surface area contributed by atoms with Gasteiger partial charge in [-0.2, -0.15) is 0 Å². The molecular weight excluding hydrogens is 174 g/mol. The Morgan fingerprint density at radius 1 is 1.50 bits per heavy atom. The highest BCUT2D eigenvalue weighted by Crippen LogP contribution is 2.26. The minimum absolute atomic E-state index is 0.583. The number of hydrogen-bond acceptors (Lipinski definition) is 2. The molecular formula is C9H12ClNO.